The summed E-state index contributed by atoms with van der Waals surface area (Å²) in [5.74, 6) is -0.197. The van der Waals surface area contributed by atoms with Gasteiger partial charge in [0, 0.05) is 5.56 Å². The van der Waals surface area contributed by atoms with Gasteiger partial charge in [0.05, 0.1) is 25.7 Å². The number of ether oxygens (including phenoxy) is 3. The first-order chi connectivity index (χ1) is 11.5. The molecule has 1 aromatic carbocycles. The molecular formula is C16H17NO6S. The third-order valence-electron chi connectivity index (χ3n) is 3.19. The lowest BCUT2D eigenvalue weighted by atomic mass is 10.1. The number of carbonyl (C=O) groups excluding carboxylic acids is 3. The molecule has 128 valence electrons. The Morgan fingerprint density at radius 1 is 1.25 bits per heavy atom. The summed E-state index contributed by atoms with van der Waals surface area (Å²) in [6.45, 7) is 1.44. The number of rotatable bonds is 6. The zero-order valence-electron chi connectivity index (χ0n) is 13.5. The van der Waals surface area contributed by atoms with Gasteiger partial charge in [-0.25, -0.2) is 0 Å². The summed E-state index contributed by atoms with van der Waals surface area (Å²) < 4.78 is 15.3. The summed E-state index contributed by atoms with van der Waals surface area (Å²) in [5.41, 5.74) is 0.596. The van der Waals surface area contributed by atoms with Crippen LogP contribution in [0.25, 0.3) is 6.08 Å². The Morgan fingerprint density at radius 3 is 2.62 bits per heavy atom. The average molecular weight is 351 g/mol. The SMILES string of the molecule is CCOC(=O)CN1C(=O)S/C(=C\c2cccc(OC)c2OC)C1=O. The molecule has 7 nitrogen and oxygen atoms in total. The monoisotopic (exact) mass is 351 g/mol. The van der Waals surface area contributed by atoms with Crippen molar-refractivity contribution in [1.82, 2.24) is 4.90 Å². The molecule has 0 bridgehead atoms. The van der Waals surface area contributed by atoms with E-state index in [0.29, 0.717) is 17.1 Å². The summed E-state index contributed by atoms with van der Waals surface area (Å²) in [6.07, 6.45) is 1.54. The zero-order chi connectivity index (χ0) is 17.7. The van der Waals surface area contributed by atoms with Crippen molar-refractivity contribution in [3.63, 3.8) is 0 Å². The van der Waals surface area contributed by atoms with Crippen LogP contribution in [0.1, 0.15) is 12.5 Å². The minimum atomic E-state index is -0.625. The van der Waals surface area contributed by atoms with Crippen LogP contribution in [-0.4, -0.2) is 49.4 Å². The molecule has 8 heteroatoms. The number of amides is 2. The predicted molar refractivity (Wildman–Crippen MR) is 88.9 cm³/mol. The third kappa shape index (κ3) is 3.70. The lowest BCUT2D eigenvalue weighted by Crippen LogP contribution is -2.34. The number of methoxy groups -OCH3 is 2. The Labute approximate surface area is 143 Å². The smallest absolute Gasteiger partial charge is 0.326 e. The number of nitrogens with zero attached hydrogens (tertiary/aromatic N) is 1. The van der Waals surface area contributed by atoms with E-state index in [-0.39, 0.29) is 11.5 Å². The Kier molecular flexibility index (Phi) is 5.86. The number of hydrogen-bond acceptors (Lipinski definition) is 7. The molecule has 1 saturated heterocycles. The minimum absolute atomic E-state index is 0.186. The van der Waals surface area contributed by atoms with Gasteiger partial charge in [-0.2, -0.15) is 0 Å². The lowest BCUT2D eigenvalue weighted by Gasteiger charge is -2.11. The zero-order valence-corrected chi connectivity index (χ0v) is 14.3. The Hall–Kier alpha value is -2.48. The number of benzene rings is 1. The van der Waals surface area contributed by atoms with E-state index >= 15 is 0 Å². The highest BCUT2D eigenvalue weighted by atomic mass is 32.2. The van der Waals surface area contributed by atoms with Gasteiger partial charge in [0.25, 0.3) is 11.1 Å². The van der Waals surface area contributed by atoms with Crippen LogP contribution >= 0.6 is 11.8 Å². The van der Waals surface area contributed by atoms with Gasteiger partial charge < -0.3 is 14.2 Å². The van der Waals surface area contributed by atoms with Crippen molar-refractivity contribution in [3.05, 3.63) is 28.7 Å². The van der Waals surface area contributed by atoms with Crippen LogP contribution in [0.4, 0.5) is 4.79 Å². The second kappa shape index (κ2) is 7.87. The fourth-order valence-electron chi connectivity index (χ4n) is 2.14. The van der Waals surface area contributed by atoms with Gasteiger partial charge in [-0.05, 0) is 30.8 Å². The van der Waals surface area contributed by atoms with Crippen LogP contribution in [-0.2, 0) is 14.3 Å². The Balaban J connectivity index is 2.28. The molecule has 1 fully saturated rings. The standard InChI is InChI=1S/C16H17NO6S/c1-4-23-13(18)9-17-15(19)12(24-16(17)20)8-10-6-5-7-11(21-2)14(10)22-3/h5-8H,4,9H2,1-3H3/b12-8-. The maximum Gasteiger partial charge on any atom is 0.326 e. The van der Waals surface area contributed by atoms with Crippen LogP contribution in [0.3, 0.4) is 0 Å². The largest absolute Gasteiger partial charge is 0.493 e. The van der Waals surface area contributed by atoms with Crippen molar-refractivity contribution >= 4 is 35.0 Å². The quantitative estimate of drug-likeness (QED) is 0.574. The van der Waals surface area contributed by atoms with Crippen molar-refractivity contribution in [2.45, 2.75) is 6.92 Å². The van der Waals surface area contributed by atoms with E-state index < -0.39 is 23.7 Å². The van der Waals surface area contributed by atoms with Crippen LogP contribution < -0.4 is 9.47 Å². The number of hydrogen-bond donors (Lipinski definition) is 0. The first-order valence-corrected chi connectivity index (χ1v) is 7.95. The van der Waals surface area contributed by atoms with Gasteiger partial charge >= 0.3 is 5.97 Å². The second-order valence-corrected chi connectivity index (χ2v) is 5.65. The Bertz CT molecular complexity index is 700. The number of carbonyl (C=O) groups is 3. The van der Waals surface area contributed by atoms with E-state index in [1.807, 2.05) is 0 Å². The molecule has 0 radical (unpaired) electrons. The molecule has 0 spiro atoms. The van der Waals surface area contributed by atoms with E-state index in [1.54, 1.807) is 25.1 Å². The van der Waals surface area contributed by atoms with E-state index in [0.717, 1.165) is 16.7 Å². The van der Waals surface area contributed by atoms with Crippen molar-refractivity contribution in [2.75, 3.05) is 27.4 Å². The normalized spacial score (nSPS) is 15.8. The molecule has 1 aliphatic heterocycles. The molecule has 0 aliphatic carbocycles. The van der Waals surface area contributed by atoms with E-state index in [4.69, 9.17) is 14.2 Å². The molecule has 1 aromatic rings. The van der Waals surface area contributed by atoms with Gasteiger partial charge in [-0.1, -0.05) is 12.1 Å². The number of esters is 1. The van der Waals surface area contributed by atoms with Gasteiger partial charge in [-0.3, -0.25) is 19.3 Å². The molecule has 0 saturated carbocycles. The molecule has 0 unspecified atom stereocenters. The first-order valence-electron chi connectivity index (χ1n) is 7.13. The molecule has 0 aromatic heterocycles. The van der Waals surface area contributed by atoms with Crippen LogP contribution in [0, 0.1) is 0 Å². The van der Waals surface area contributed by atoms with Gasteiger partial charge in [0.15, 0.2) is 11.5 Å². The van der Waals surface area contributed by atoms with E-state index in [1.165, 1.54) is 20.3 Å². The summed E-state index contributed by atoms with van der Waals surface area (Å²) >= 11 is 0.764. The molecule has 0 N–H and O–H groups in total. The van der Waals surface area contributed by atoms with Crippen LogP contribution in [0.5, 0.6) is 11.5 Å². The fraction of sp³-hybridized carbons (Fsp3) is 0.312. The molecular weight excluding hydrogens is 334 g/mol. The highest BCUT2D eigenvalue weighted by Crippen LogP contribution is 2.37. The van der Waals surface area contributed by atoms with Gasteiger partial charge in [0.2, 0.25) is 0 Å². The topological polar surface area (TPSA) is 82.1 Å². The van der Waals surface area contributed by atoms with Crippen molar-refractivity contribution in [3.8, 4) is 11.5 Å². The highest BCUT2D eigenvalue weighted by Gasteiger charge is 2.36. The molecule has 0 atom stereocenters. The molecule has 2 amide bonds. The highest BCUT2D eigenvalue weighted by molar-refractivity contribution is 8.18. The van der Waals surface area contributed by atoms with Gasteiger partial charge in [0.1, 0.15) is 6.54 Å². The van der Waals surface area contributed by atoms with Crippen LogP contribution in [0.2, 0.25) is 0 Å². The number of imide groups is 1. The molecule has 2 rings (SSSR count). The number of thioether (sulfide) groups is 1. The number of para-hydroxylation sites is 1. The lowest BCUT2D eigenvalue weighted by molar-refractivity contribution is -0.145. The van der Waals surface area contributed by atoms with Crippen molar-refractivity contribution < 1.29 is 28.6 Å². The second-order valence-electron chi connectivity index (χ2n) is 4.66. The molecule has 1 heterocycles. The van der Waals surface area contributed by atoms with E-state index in [2.05, 4.69) is 0 Å². The maximum atomic E-state index is 12.4. The minimum Gasteiger partial charge on any atom is -0.493 e. The third-order valence-corrected chi connectivity index (χ3v) is 4.09. The maximum absolute atomic E-state index is 12.4. The van der Waals surface area contributed by atoms with Crippen molar-refractivity contribution in [2.24, 2.45) is 0 Å². The summed E-state index contributed by atoms with van der Waals surface area (Å²) in [7, 11) is 3.00. The summed E-state index contributed by atoms with van der Waals surface area (Å²) in [4.78, 5) is 36.9. The summed E-state index contributed by atoms with van der Waals surface area (Å²) in [6, 6.07) is 5.21. The Morgan fingerprint density at radius 2 is 2.00 bits per heavy atom. The average Bonchev–Trinajstić information content (AvgIpc) is 2.82. The summed E-state index contributed by atoms with van der Waals surface area (Å²) in [5, 5.41) is -0.513. The first kappa shape index (κ1) is 17.9. The molecule has 24 heavy (non-hydrogen) atoms. The van der Waals surface area contributed by atoms with Crippen molar-refractivity contribution in [1.29, 1.82) is 0 Å². The van der Waals surface area contributed by atoms with E-state index in [9.17, 15) is 14.4 Å². The predicted octanol–water partition coefficient (Wildman–Crippen LogP) is 2.30. The van der Waals surface area contributed by atoms with Crippen LogP contribution in [0.15, 0.2) is 23.1 Å². The van der Waals surface area contributed by atoms with Gasteiger partial charge in [-0.15, -0.1) is 0 Å². The molecule has 1 aliphatic rings. The fourth-order valence-corrected chi connectivity index (χ4v) is 2.97.